The molecule has 0 aliphatic carbocycles. The quantitative estimate of drug-likeness (QED) is 0.452. The number of nitrogens with zero attached hydrogens (tertiary/aromatic N) is 1. The Kier molecular flexibility index (Phi) is 5.30. The van der Waals surface area contributed by atoms with Gasteiger partial charge in [-0.1, -0.05) is 12.1 Å². The average Bonchev–Trinajstić information content (AvgIpc) is 2.57. The van der Waals surface area contributed by atoms with Gasteiger partial charge in [-0.15, -0.1) is 0 Å². The predicted molar refractivity (Wildman–Crippen MR) is 85.5 cm³/mol. The van der Waals surface area contributed by atoms with Crippen LogP contribution in [-0.4, -0.2) is 30.2 Å². The molecule has 0 unspecified atom stereocenters. The molecule has 2 aromatic carbocycles. The molecule has 0 saturated carbocycles. The van der Waals surface area contributed by atoms with Gasteiger partial charge in [-0.2, -0.15) is 5.10 Å². The van der Waals surface area contributed by atoms with Gasteiger partial charge in [-0.05, 0) is 42.0 Å². The Labute approximate surface area is 132 Å². The summed E-state index contributed by atoms with van der Waals surface area (Å²) in [5, 5.41) is 15.3. The molecule has 2 rings (SSSR count). The molecule has 0 aromatic heterocycles. The molecular formula is C16H15N3O4. The van der Waals surface area contributed by atoms with Crippen molar-refractivity contribution in [3.05, 3.63) is 54.1 Å². The van der Waals surface area contributed by atoms with Crippen LogP contribution in [0.25, 0.3) is 0 Å². The second-order valence-electron chi connectivity index (χ2n) is 4.45. The second-order valence-corrected chi connectivity index (χ2v) is 4.45. The van der Waals surface area contributed by atoms with E-state index in [-0.39, 0.29) is 5.75 Å². The van der Waals surface area contributed by atoms with E-state index in [9.17, 15) is 9.59 Å². The van der Waals surface area contributed by atoms with E-state index < -0.39 is 11.8 Å². The third-order valence-corrected chi connectivity index (χ3v) is 2.83. The molecule has 2 amide bonds. The number of hydrogen-bond acceptors (Lipinski definition) is 5. The number of hydrazone groups is 1. The van der Waals surface area contributed by atoms with Crippen LogP contribution >= 0.6 is 0 Å². The largest absolute Gasteiger partial charge is 0.508 e. The fraction of sp³-hybridized carbons (Fsp3) is 0.0625. The first kappa shape index (κ1) is 16.0. The van der Waals surface area contributed by atoms with Crippen molar-refractivity contribution in [2.45, 2.75) is 0 Å². The maximum Gasteiger partial charge on any atom is 0.329 e. The number of methoxy groups -OCH3 is 1. The molecule has 0 saturated heterocycles. The number of benzene rings is 2. The third kappa shape index (κ3) is 4.57. The van der Waals surface area contributed by atoms with Gasteiger partial charge in [0.05, 0.1) is 19.0 Å². The summed E-state index contributed by atoms with van der Waals surface area (Å²) in [4.78, 5) is 23.5. The van der Waals surface area contributed by atoms with E-state index in [4.69, 9.17) is 9.84 Å². The topological polar surface area (TPSA) is 100 Å². The summed E-state index contributed by atoms with van der Waals surface area (Å²) < 4.78 is 5.08. The Bertz CT molecular complexity index is 726. The molecule has 0 radical (unpaired) electrons. The van der Waals surface area contributed by atoms with E-state index in [2.05, 4.69) is 15.8 Å². The van der Waals surface area contributed by atoms with Crippen LogP contribution in [0.4, 0.5) is 5.69 Å². The zero-order valence-corrected chi connectivity index (χ0v) is 12.3. The lowest BCUT2D eigenvalue weighted by Crippen LogP contribution is -2.32. The molecule has 0 heterocycles. The summed E-state index contributed by atoms with van der Waals surface area (Å²) in [6.07, 6.45) is 1.35. The van der Waals surface area contributed by atoms with Crippen LogP contribution in [-0.2, 0) is 9.59 Å². The monoisotopic (exact) mass is 313 g/mol. The summed E-state index contributed by atoms with van der Waals surface area (Å²) in [5.74, 6) is -1.20. The molecule has 118 valence electrons. The van der Waals surface area contributed by atoms with Crippen LogP contribution in [0.15, 0.2) is 53.6 Å². The number of ether oxygens (including phenoxy) is 1. The number of rotatable bonds is 4. The molecular weight excluding hydrogens is 298 g/mol. The first-order valence-corrected chi connectivity index (χ1v) is 6.66. The first-order chi connectivity index (χ1) is 11.1. The lowest BCUT2D eigenvalue weighted by molar-refractivity contribution is -0.136. The summed E-state index contributed by atoms with van der Waals surface area (Å²) >= 11 is 0. The van der Waals surface area contributed by atoms with Crippen LogP contribution in [0.5, 0.6) is 11.5 Å². The van der Waals surface area contributed by atoms with Crippen molar-refractivity contribution in [3.8, 4) is 11.5 Å². The highest BCUT2D eigenvalue weighted by Crippen LogP contribution is 2.22. The SMILES string of the molecule is COc1ccccc1NC(=O)C(=O)N/N=C/c1ccc(O)cc1. The van der Waals surface area contributed by atoms with Gasteiger partial charge in [0.25, 0.3) is 0 Å². The van der Waals surface area contributed by atoms with Gasteiger partial charge in [0.15, 0.2) is 0 Å². The van der Waals surface area contributed by atoms with Gasteiger partial charge in [-0.3, -0.25) is 9.59 Å². The van der Waals surface area contributed by atoms with Crippen molar-refractivity contribution < 1.29 is 19.4 Å². The van der Waals surface area contributed by atoms with Crippen LogP contribution in [0, 0.1) is 0 Å². The minimum atomic E-state index is -0.911. The number of carbonyl (C=O) groups is 2. The maximum absolute atomic E-state index is 11.8. The van der Waals surface area contributed by atoms with Gasteiger partial charge < -0.3 is 15.2 Å². The lowest BCUT2D eigenvalue weighted by Gasteiger charge is -2.08. The number of hydrogen-bond donors (Lipinski definition) is 3. The highest BCUT2D eigenvalue weighted by molar-refractivity contribution is 6.39. The smallest absolute Gasteiger partial charge is 0.329 e. The summed E-state index contributed by atoms with van der Waals surface area (Å²) in [7, 11) is 1.47. The van der Waals surface area contributed by atoms with E-state index in [1.807, 2.05) is 0 Å². The number of para-hydroxylation sites is 2. The van der Waals surface area contributed by atoms with E-state index in [0.29, 0.717) is 17.0 Å². The van der Waals surface area contributed by atoms with Crippen LogP contribution < -0.4 is 15.5 Å². The zero-order chi connectivity index (χ0) is 16.7. The number of nitrogens with one attached hydrogen (secondary N) is 2. The highest BCUT2D eigenvalue weighted by Gasteiger charge is 2.14. The average molecular weight is 313 g/mol. The molecule has 3 N–H and O–H groups in total. The van der Waals surface area contributed by atoms with Crippen LogP contribution in [0.3, 0.4) is 0 Å². The van der Waals surface area contributed by atoms with Crippen molar-refractivity contribution in [1.82, 2.24) is 5.43 Å². The van der Waals surface area contributed by atoms with Crippen molar-refractivity contribution in [3.63, 3.8) is 0 Å². The van der Waals surface area contributed by atoms with Gasteiger partial charge in [0.1, 0.15) is 11.5 Å². The minimum absolute atomic E-state index is 0.127. The molecule has 0 spiro atoms. The molecule has 0 atom stereocenters. The van der Waals surface area contributed by atoms with Crippen molar-refractivity contribution in [2.75, 3.05) is 12.4 Å². The van der Waals surface area contributed by atoms with E-state index >= 15 is 0 Å². The predicted octanol–water partition coefficient (Wildman–Crippen LogP) is 1.49. The summed E-state index contributed by atoms with van der Waals surface area (Å²) in [6, 6.07) is 12.9. The van der Waals surface area contributed by atoms with Gasteiger partial charge in [0, 0.05) is 0 Å². The molecule has 0 aliphatic rings. The highest BCUT2D eigenvalue weighted by atomic mass is 16.5. The standard InChI is InChI=1S/C16H15N3O4/c1-23-14-5-3-2-4-13(14)18-15(21)16(22)19-17-10-11-6-8-12(20)9-7-11/h2-10,20H,1H3,(H,18,21)(H,19,22)/b17-10+. The van der Waals surface area contributed by atoms with Crippen molar-refractivity contribution >= 4 is 23.7 Å². The van der Waals surface area contributed by atoms with E-state index in [0.717, 1.165) is 0 Å². The number of phenols is 1. The second kappa shape index (κ2) is 7.60. The molecule has 23 heavy (non-hydrogen) atoms. The van der Waals surface area contributed by atoms with Crippen molar-refractivity contribution in [1.29, 1.82) is 0 Å². The van der Waals surface area contributed by atoms with E-state index in [1.165, 1.54) is 25.5 Å². The molecule has 0 fully saturated rings. The lowest BCUT2D eigenvalue weighted by atomic mass is 10.2. The number of amides is 2. The molecule has 2 aromatic rings. The minimum Gasteiger partial charge on any atom is -0.508 e. The summed E-state index contributed by atoms with van der Waals surface area (Å²) in [5.41, 5.74) is 3.17. The van der Waals surface area contributed by atoms with Gasteiger partial charge >= 0.3 is 11.8 Å². The molecule has 0 bridgehead atoms. The van der Waals surface area contributed by atoms with Gasteiger partial charge in [-0.25, -0.2) is 5.43 Å². The Morgan fingerprint density at radius 2 is 1.78 bits per heavy atom. The maximum atomic E-state index is 11.8. The Balaban J connectivity index is 1.92. The van der Waals surface area contributed by atoms with E-state index in [1.54, 1.807) is 36.4 Å². The number of aromatic hydroxyl groups is 1. The van der Waals surface area contributed by atoms with Crippen molar-refractivity contribution in [2.24, 2.45) is 5.10 Å². The number of phenolic OH excluding ortho intramolecular Hbond substituents is 1. The molecule has 7 nitrogen and oxygen atoms in total. The van der Waals surface area contributed by atoms with Gasteiger partial charge in [0.2, 0.25) is 0 Å². The zero-order valence-electron chi connectivity index (χ0n) is 12.3. The normalized spacial score (nSPS) is 10.3. The molecule has 7 heteroatoms. The number of carbonyl (C=O) groups excluding carboxylic acids is 2. The summed E-state index contributed by atoms with van der Waals surface area (Å²) in [6.45, 7) is 0. The third-order valence-electron chi connectivity index (χ3n) is 2.83. The first-order valence-electron chi connectivity index (χ1n) is 6.66. The Morgan fingerprint density at radius 1 is 1.09 bits per heavy atom. The Hall–Kier alpha value is -3.35. The number of anilines is 1. The van der Waals surface area contributed by atoms with Crippen LogP contribution in [0.1, 0.15) is 5.56 Å². The fourth-order valence-corrected chi connectivity index (χ4v) is 1.70. The molecule has 0 aliphatic heterocycles. The Morgan fingerprint density at radius 3 is 2.48 bits per heavy atom. The van der Waals surface area contributed by atoms with Crippen LogP contribution in [0.2, 0.25) is 0 Å². The fourth-order valence-electron chi connectivity index (χ4n) is 1.70.